The quantitative estimate of drug-likeness (QED) is 0.462. The molecule has 0 aromatic heterocycles. The molecular formula is C27H47N3O6. The van der Waals surface area contributed by atoms with Gasteiger partial charge in [-0.3, -0.25) is 19.4 Å². The van der Waals surface area contributed by atoms with Crippen molar-refractivity contribution in [1.29, 1.82) is 0 Å². The summed E-state index contributed by atoms with van der Waals surface area (Å²) in [5, 5.41) is 0. The fourth-order valence-electron chi connectivity index (χ4n) is 5.72. The molecule has 0 radical (unpaired) electrons. The average Bonchev–Trinajstić information content (AvgIpc) is 3.37. The molecule has 0 aromatic rings. The van der Waals surface area contributed by atoms with Crippen LogP contribution in [0.1, 0.15) is 79.1 Å². The Morgan fingerprint density at radius 2 is 1.39 bits per heavy atom. The number of carbonyl (C=O) groups is 3. The molecular weight excluding hydrogens is 462 g/mol. The van der Waals surface area contributed by atoms with Crippen molar-refractivity contribution >= 4 is 17.8 Å². The predicted molar refractivity (Wildman–Crippen MR) is 136 cm³/mol. The Balaban J connectivity index is 1.85. The molecule has 2 aliphatic heterocycles. The first-order valence-electron chi connectivity index (χ1n) is 13.8. The number of ether oxygens (including phenoxy) is 3. The summed E-state index contributed by atoms with van der Waals surface area (Å²) in [4.78, 5) is 44.8. The fourth-order valence-corrected chi connectivity index (χ4v) is 5.72. The van der Waals surface area contributed by atoms with Crippen molar-refractivity contribution < 1.29 is 28.6 Å². The van der Waals surface area contributed by atoms with E-state index in [0.717, 1.165) is 25.9 Å². The number of hydrogen-bond donors (Lipinski definition) is 0. The largest absolute Gasteiger partial charge is 0.466 e. The molecule has 1 aliphatic carbocycles. The summed E-state index contributed by atoms with van der Waals surface area (Å²) in [7, 11) is 3.58. The molecule has 2 saturated heterocycles. The van der Waals surface area contributed by atoms with Gasteiger partial charge in [0.2, 0.25) is 5.91 Å². The van der Waals surface area contributed by atoms with Crippen molar-refractivity contribution in [3.8, 4) is 0 Å². The van der Waals surface area contributed by atoms with Gasteiger partial charge in [-0.15, -0.1) is 0 Å². The lowest BCUT2D eigenvalue weighted by molar-refractivity contribution is -0.280. The number of esters is 2. The van der Waals surface area contributed by atoms with Gasteiger partial charge >= 0.3 is 11.9 Å². The maximum atomic E-state index is 14.0. The summed E-state index contributed by atoms with van der Waals surface area (Å²) < 4.78 is 18.1. The zero-order valence-electron chi connectivity index (χ0n) is 23.2. The second-order valence-corrected chi connectivity index (χ2v) is 11.6. The van der Waals surface area contributed by atoms with Crippen LogP contribution in [0.4, 0.5) is 0 Å². The van der Waals surface area contributed by atoms with Gasteiger partial charge in [-0.2, -0.15) is 0 Å². The molecule has 1 unspecified atom stereocenters. The first-order valence-corrected chi connectivity index (χ1v) is 13.8. The molecule has 0 aromatic carbocycles. The summed E-state index contributed by atoms with van der Waals surface area (Å²) in [5.74, 6) is -1.86. The third-order valence-corrected chi connectivity index (χ3v) is 7.54. The van der Waals surface area contributed by atoms with E-state index in [0.29, 0.717) is 58.2 Å². The normalized spacial score (nSPS) is 26.3. The van der Waals surface area contributed by atoms with Gasteiger partial charge in [-0.25, -0.2) is 4.79 Å². The SMILES string of the molecule is CCOC(=O)[C@H]1CC[C@H](OC(C(=O)OC(C)(C)C)(N2CCCC2)N2CCC(C(=O)N(C)C)CC2)CC1. The first kappa shape index (κ1) is 28.9. The van der Waals surface area contributed by atoms with Crippen LogP contribution >= 0.6 is 0 Å². The average molecular weight is 510 g/mol. The Morgan fingerprint density at radius 3 is 1.89 bits per heavy atom. The Bertz CT molecular complexity index is 760. The molecule has 0 bridgehead atoms. The topological polar surface area (TPSA) is 88.6 Å². The van der Waals surface area contributed by atoms with Gasteiger partial charge < -0.3 is 19.1 Å². The molecule has 1 amide bonds. The van der Waals surface area contributed by atoms with Crippen molar-refractivity contribution in [3.05, 3.63) is 0 Å². The van der Waals surface area contributed by atoms with E-state index in [-0.39, 0.29) is 35.8 Å². The smallest absolute Gasteiger partial charge is 0.371 e. The van der Waals surface area contributed by atoms with E-state index in [2.05, 4.69) is 9.80 Å². The molecule has 2 heterocycles. The molecule has 36 heavy (non-hydrogen) atoms. The number of likely N-dealkylation sites (tertiary alicyclic amines) is 2. The molecule has 1 atom stereocenters. The third-order valence-electron chi connectivity index (χ3n) is 7.54. The van der Waals surface area contributed by atoms with Crippen LogP contribution in [0.5, 0.6) is 0 Å². The minimum atomic E-state index is -1.32. The van der Waals surface area contributed by atoms with Crippen LogP contribution in [0.25, 0.3) is 0 Å². The van der Waals surface area contributed by atoms with E-state index in [9.17, 15) is 14.4 Å². The van der Waals surface area contributed by atoms with E-state index in [1.807, 2.05) is 27.7 Å². The van der Waals surface area contributed by atoms with Crippen molar-refractivity contribution in [2.24, 2.45) is 11.8 Å². The minimum Gasteiger partial charge on any atom is -0.466 e. The van der Waals surface area contributed by atoms with Crippen LogP contribution in [0, 0.1) is 11.8 Å². The van der Waals surface area contributed by atoms with Crippen molar-refractivity contribution in [2.75, 3.05) is 46.9 Å². The maximum absolute atomic E-state index is 14.0. The minimum absolute atomic E-state index is 0.0498. The molecule has 3 rings (SSSR count). The van der Waals surface area contributed by atoms with Crippen molar-refractivity contribution in [3.63, 3.8) is 0 Å². The van der Waals surface area contributed by atoms with Gasteiger partial charge in [-0.1, -0.05) is 0 Å². The zero-order valence-corrected chi connectivity index (χ0v) is 23.2. The summed E-state index contributed by atoms with van der Waals surface area (Å²) in [6.45, 7) is 10.5. The highest BCUT2D eigenvalue weighted by Crippen LogP contribution is 2.38. The molecule has 9 heteroatoms. The lowest BCUT2D eigenvalue weighted by Gasteiger charge is -2.51. The highest BCUT2D eigenvalue weighted by molar-refractivity contribution is 5.80. The predicted octanol–water partition coefficient (Wildman–Crippen LogP) is 3.02. The van der Waals surface area contributed by atoms with Crippen molar-refractivity contribution in [2.45, 2.75) is 96.6 Å². The highest BCUT2D eigenvalue weighted by Gasteiger charge is 2.56. The van der Waals surface area contributed by atoms with Crippen LogP contribution < -0.4 is 0 Å². The maximum Gasteiger partial charge on any atom is 0.371 e. The molecule has 0 N–H and O–H groups in total. The molecule has 9 nitrogen and oxygen atoms in total. The van der Waals surface area contributed by atoms with E-state index in [1.165, 1.54) is 0 Å². The summed E-state index contributed by atoms with van der Waals surface area (Å²) in [6, 6.07) is 0. The van der Waals surface area contributed by atoms with Gasteiger partial charge in [0.15, 0.2) is 0 Å². The van der Waals surface area contributed by atoms with Gasteiger partial charge in [0, 0.05) is 46.2 Å². The summed E-state index contributed by atoms with van der Waals surface area (Å²) >= 11 is 0. The number of amides is 1. The van der Waals surface area contributed by atoms with Gasteiger partial charge in [0.1, 0.15) is 5.60 Å². The summed E-state index contributed by atoms with van der Waals surface area (Å²) in [6.07, 6.45) is 5.95. The molecule has 1 saturated carbocycles. The molecule has 3 aliphatic rings. The molecule has 206 valence electrons. The highest BCUT2D eigenvalue weighted by atomic mass is 16.6. The van der Waals surface area contributed by atoms with Crippen LogP contribution in [-0.2, 0) is 28.6 Å². The van der Waals surface area contributed by atoms with Crippen LogP contribution in [0.3, 0.4) is 0 Å². The fraction of sp³-hybridized carbons (Fsp3) is 0.889. The number of nitrogens with zero attached hydrogens (tertiary/aromatic N) is 3. The Hall–Kier alpha value is -1.71. The third kappa shape index (κ3) is 6.78. The number of hydrogen-bond acceptors (Lipinski definition) is 8. The van der Waals surface area contributed by atoms with Gasteiger partial charge in [0.05, 0.1) is 18.6 Å². The van der Waals surface area contributed by atoms with Gasteiger partial charge in [0.25, 0.3) is 5.85 Å². The lowest BCUT2D eigenvalue weighted by Crippen LogP contribution is -2.70. The number of carbonyl (C=O) groups excluding carboxylic acids is 3. The van der Waals surface area contributed by atoms with Gasteiger partial charge in [-0.05, 0) is 79.1 Å². The Morgan fingerprint density at radius 1 is 0.833 bits per heavy atom. The summed E-state index contributed by atoms with van der Waals surface area (Å²) in [5.41, 5.74) is -0.661. The number of rotatable bonds is 8. The van der Waals surface area contributed by atoms with E-state index in [1.54, 1.807) is 19.0 Å². The van der Waals surface area contributed by atoms with Crippen LogP contribution in [-0.4, -0.2) is 97.0 Å². The van der Waals surface area contributed by atoms with Crippen molar-refractivity contribution in [1.82, 2.24) is 14.7 Å². The first-order chi connectivity index (χ1) is 17.0. The molecule has 3 fully saturated rings. The van der Waals surface area contributed by atoms with Crippen LogP contribution in [0.2, 0.25) is 0 Å². The second-order valence-electron chi connectivity index (χ2n) is 11.6. The van der Waals surface area contributed by atoms with Crippen LogP contribution in [0.15, 0.2) is 0 Å². The Kier molecular flexibility index (Phi) is 9.80. The van der Waals surface area contributed by atoms with E-state index in [4.69, 9.17) is 14.2 Å². The van der Waals surface area contributed by atoms with E-state index >= 15 is 0 Å². The monoisotopic (exact) mass is 509 g/mol. The molecule has 0 spiro atoms. The Labute approximate surface area is 216 Å². The zero-order chi connectivity index (χ0) is 26.5. The van der Waals surface area contributed by atoms with E-state index < -0.39 is 11.4 Å². The second kappa shape index (κ2) is 12.2. The lowest BCUT2D eigenvalue weighted by atomic mass is 9.87. The standard InChI is InChI=1S/C27H47N3O6/c1-7-34-24(32)21-10-12-22(13-11-21)35-27(29-16-8-9-17-29,25(33)36-26(2,3)4)30-18-14-20(15-19-30)23(31)28(5)6/h20-22H,7-19H2,1-6H3/t21-,22-,27?. The number of piperidine rings is 1.